The van der Waals surface area contributed by atoms with Crippen LogP contribution in [0.4, 0.5) is 13.2 Å². The van der Waals surface area contributed by atoms with E-state index in [0.717, 1.165) is 0 Å². The predicted octanol–water partition coefficient (Wildman–Crippen LogP) is 2.60. The summed E-state index contributed by atoms with van der Waals surface area (Å²) in [7, 11) is 0. The summed E-state index contributed by atoms with van der Waals surface area (Å²) in [5.41, 5.74) is 0. The van der Waals surface area contributed by atoms with Crippen molar-refractivity contribution in [3.05, 3.63) is 6.92 Å². The van der Waals surface area contributed by atoms with Gasteiger partial charge in [-0.1, -0.05) is 13.3 Å². The van der Waals surface area contributed by atoms with Gasteiger partial charge in [-0.15, -0.1) is 0 Å². The second-order valence-electron chi connectivity index (χ2n) is 1.95. The van der Waals surface area contributed by atoms with Crippen LogP contribution in [-0.4, -0.2) is 12.6 Å². The van der Waals surface area contributed by atoms with Crippen LogP contribution in [0.2, 0.25) is 0 Å². The van der Waals surface area contributed by atoms with Crippen molar-refractivity contribution in [3.8, 4) is 0 Å². The quantitative estimate of drug-likeness (QED) is 0.561. The Balaban J connectivity index is 3.33. The standard InChI is InChI=1S/C6H10F3/c1-2-3-4-6(8,9)5-7/h1-5H2. The van der Waals surface area contributed by atoms with Crippen LogP contribution >= 0.6 is 0 Å². The molecule has 0 fully saturated rings. The smallest absolute Gasteiger partial charge is 0.244 e. The molecule has 0 aliphatic heterocycles. The number of alkyl halides is 3. The highest BCUT2D eigenvalue weighted by molar-refractivity contribution is 4.63. The summed E-state index contributed by atoms with van der Waals surface area (Å²) >= 11 is 0. The molecule has 0 unspecified atom stereocenters. The Hall–Kier alpha value is -0.210. The molecule has 0 aliphatic carbocycles. The first-order chi connectivity index (χ1) is 4.12. The van der Waals surface area contributed by atoms with Gasteiger partial charge in [-0.25, -0.2) is 13.2 Å². The van der Waals surface area contributed by atoms with Crippen LogP contribution in [0.3, 0.4) is 0 Å². The van der Waals surface area contributed by atoms with Crippen molar-refractivity contribution in [2.24, 2.45) is 0 Å². The zero-order valence-corrected chi connectivity index (χ0v) is 5.17. The van der Waals surface area contributed by atoms with E-state index in [9.17, 15) is 13.2 Å². The van der Waals surface area contributed by atoms with Crippen molar-refractivity contribution in [1.29, 1.82) is 0 Å². The van der Waals surface area contributed by atoms with E-state index in [1.165, 1.54) is 0 Å². The maximum Gasteiger partial charge on any atom is 0.275 e. The lowest BCUT2D eigenvalue weighted by atomic mass is 10.2. The van der Waals surface area contributed by atoms with Gasteiger partial charge >= 0.3 is 0 Å². The van der Waals surface area contributed by atoms with Crippen LogP contribution in [0.15, 0.2) is 0 Å². The molecule has 0 nitrogen and oxygen atoms in total. The Bertz CT molecular complexity index is 70.7. The lowest BCUT2D eigenvalue weighted by molar-refractivity contribution is -0.0313. The summed E-state index contributed by atoms with van der Waals surface area (Å²) in [5.74, 6) is -3.11. The van der Waals surface area contributed by atoms with Crippen molar-refractivity contribution in [3.63, 3.8) is 0 Å². The van der Waals surface area contributed by atoms with Gasteiger partial charge < -0.3 is 0 Å². The first-order valence-electron chi connectivity index (χ1n) is 2.85. The molecule has 3 heteroatoms. The molecular weight excluding hydrogens is 129 g/mol. The van der Waals surface area contributed by atoms with E-state index in [0.29, 0.717) is 6.42 Å². The van der Waals surface area contributed by atoms with Gasteiger partial charge in [0.2, 0.25) is 0 Å². The van der Waals surface area contributed by atoms with Gasteiger partial charge in [0.15, 0.2) is 6.67 Å². The fourth-order valence-electron chi connectivity index (χ4n) is 0.450. The van der Waals surface area contributed by atoms with Crippen LogP contribution in [0.25, 0.3) is 0 Å². The van der Waals surface area contributed by atoms with E-state index in [1.807, 2.05) is 0 Å². The Labute approximate surface area is 53.1 Å². The minimum atomic E-state index is -3.11. The van der Waals surface area contributed by atoms with E-state index < -0.39 is 12.6 Å². The van der Waals surface area contributed by atoms with Gasteiger partial charge in [0, 0.05) is 6.42 Å². The molecule has 0 aliphatic rings. The fraction of sp³-hybridized carbons (Fsp3) is 0.833. The first kappa shape index (κ1) is 8.79. The highest BCUT2D eigenvalue weighted by Gasteiger charge is 2.27. The molecule has 9 heavy (non-hydrogen) atoms. The Morgan fingerprint density at radius 3 is 2.22 bits per heavy atom. The maximum atomic E-state index is 11.9. The van der Waals surface area contributed by atoms with Crippen LogP contribution in [0.5, 0.6) is 0 Å². The first-order valence-corrected chi connectivity index (χ1v) is 2.85. The molecule has 0 N–H and O–H groups in total. The normalized spacial score (nSPS) is 12.0. The molecule has 0 amide bonds. The average molecular weight is 139 g/mol. The van der Waals surface area contributed by atoms with Crippen LogP contribution < -0.4 is 0 Å². The van der Waals surface area contributed by atoms with Crippen LogP contribution in [0.1, 0.15) is 19.3 Å². The third-order valence-corrected chi connectivity index (χ3v) is 0.988. The minimum Gasteiger partial charge on any atom is -0.244 e. The molecule has 1 radical (unpaired) electrons. The molecule has 0 bridgehead atoms. The molecule has 0 saturated carbocycles. The Morgan fingerprint density at radius 2 is 1.89 bits per heavy atom. The van der Waals surface area contributed by atoms with Gasteiger partial charge in [-0.3, -0.25) is 0 Å². The lowest BCUT2D eigenvalue weighted by Crippen LogP contribution is -2.17. The third-order valence-electron chi connectivity index (χ3n) is 0.988. The summed E-state index contributed by atoms with van der Waals surface area (Å²) < 4.78 is 35.2. The summed E-state index contributed by atoms with van der Waals surface area (Å²) in [6.45, 7) is 1.82. The van der Waals surface area contributed by atoms with Crippen molar-refractivity contribution in [2.75, 3.05) is 6.67 Å². The van der Waals surface area contributed by atoms with Gasteiger partial charge in [-0.2, -0.15) is 0 Å². The summed E-state index contributed by atoms with van der Waals surface area (Å²) in [5, 5.41) is 0. The molecule has 0 aromatic rings. The van der Waals surface area contributed by atoms with Gasteiger partial charge in [0.1, 0.15) is 0 Å². The molecule has 55 valence electrons. The average Bonchev–Trinajstić information content (AvgIpc) is 1.84. The van der Waals surface area contributed by atoms with Gasteiger partial charge in [0.25, 0.3) is 5.92 Å². The Morgan fingerprint density at radius 1 is 1.33 bits per heavy atom. The molecule has 0 spiro atoms. The monoisotopic (exact) mass is 139 g/mol. The number of hydrogen-bond donors (Lipinski definition) is 0. The second-order valence-corrected chi connectivity index (χ2v) is 1.95. The summed E-state index contributed by atoms with van der Waals surface area (Å²) in [6.07, 6.45) is 0.347. The van der Waals surface area contributed by atoms with Crippen molar-refractivity contribution < 1.29 is 13.2 Å². The molecular formula is C6H10F3. The fourth-order valence-corrected chi connectivity index (χ4v) is 0.450. The topological polar surface area (TPSA) is 0 Å². The van der Waals surface area contributed by atoms with Crippen molar-refractivity contribution >= 4 is 0 Å². The molecule has 0 aromatic carbocycles. The molecule has 0 atom stereocenters. The molecule has 0 heterocycles. The van der Waals surface area contributed by atoms with E-state index >= 15 is 0 Å². The lowest BCUT2D eigenvalue weighted by Gasteiger charge is -2.09. The third kappa shape index (κ3) is 4.30. The summed E-state index contributed by atoms with van der Waals surface area (Å²) in [4.78, 5) is 0. The van der Waals surface area contributed by atoms with Gasteiger partial charge in [-0.05, 0) is 6.42 Å². The van der Waals surface area contributed by atoms with Crippen molar-refractivity contribution in [1.82, 2.24) is 0 Å². The Kier molecular flexibility index (Phi) is 3.66. The summed E-state index contributed by atoms with van der Waals surface area (Å²) in [6, 6.07) is 0. The van der Waals surface area contributed by atoms with E-state index in [1.54, 1.807) is 0 Å². The number of rotatable bonds is 4. The van der Waals surface area contributed by atoms with E-state index in [2.05, 4.69) is 6.92 Å². The second kappa shape index (κ2) is 3.75. The minimum absolute atomic E-state index is 0.289. The highest BCUT2D eigenvalue weighted by Crippen LogP contribution is 2.20. The number of halogens is 3. The molecule has 0 rings (SSSR count). The van der Waals surface area contributed by atoms with E-state index in [4.69, 9.17) is 0 Å². The predicted molar refractivity (Wildman–Crippen MR) is 30.1 cm³/mol. The number of hydrogen-bond acceptors (Lipinski definition) is 0. The van der Waals surface area contributed by atoms with E-state index in [-0.39, 0.29) is 12.8 Å². The zero-order valence-electron chi connectivity index (χ0n) is 5.17. The van der Waals surface area contributed by atoms with Gasteiger partial charge in [0.05, 0.1) is 0 Å². The maximum absolute atomic E-state index is 11.9. The molecule has 0 aromatic heterocycles. The molecule has 0 saturated heterocycles. The van der Waals surface area contributed by atoms with Crippen molar-refractivity contribution in [2.45, 2.75) is 25.2 Å². The SMILES string of the molecule is [CH2]CCCC(F)(F)CF. The largest absolute Gasteiger partial charge is 0.275 e. The number of unbranched alkanes of at least 4 members (excludes halogenated alkanes) is 1. The zero-order chi connectivity index (χ0) is 7.33. The van der Waals surface area contributed by atoms with Crippen LogP contribution in [0, 0.1) is 6.92 Å². The highest BCUT2D eigenvalue weighted by atomic mass is 19.3. The van der Waals surface area contributed by atoms with Crippen LogP contribution in [-0.2, 0) is 0 Å².